The van der Waals surface area contributed by atoms with Crippen LogP contribution in [0.4, 0.5) is 5.95 Å². The molecule has 0 aliphatic carbocycles. The summed E-state index contributed by atoms with van der Waals surface area (Å²) in [6.07, 6.45) is 3.53. The SMILES string of the molecule is OCc1cccc(-c2cnc(N3CCOCC3)nc2)c1Cl. The molecular weight excluding hydrogens is 290 g/mol. The second-order valence-corrected chi connectivity index (χ2v) is 5.19. The first-order valence-corrected chi connectivity index (χ1v) is 7.21. The molecule has 0 unspecified atom stereocenters. The predicted octanol–water partition coefficient (Wildman–Crippen LogP) is 2.13. The molecular formula is C15H16ClN3O2. The normalized spacial score (nSPS) is 15.2. The van der Waals surface area contributed by atoms with Crippen molar-refractivity contribution in [3.63, 3.8) is 0 Å². The van der Waals surface area contributed by atoms with Crippen LogP contribution >= 0.6 is 11.6 Å². The number of aromatic nitrogens is 2. The van der Waals surface area contributed by atoms with E-state index < -0.39 is 0 Å². The number of aliphatic hydroxyl groups is 1. The van der Waals surface area contributed by atoms with E-state index in [9.17, 15) is 5.11 Å². The Bertz CT molecular complexity index is 613. The zero-order valence-corrected chi connectivity index (χ0v) is 12.3. The molecule has 0 atom stereocenters. The van der Waals surface area contributed by atoms with Gasteiger partial charge in [-0.05, 0) is 5.56 Å². The van der Waals surface area contributed by atoms with Crippen molar-refractivity contribution in [2.75, 3.05) is 31.2 Å². The molecule has 1 aliphatic heterocycles. The van der Waals surface area contributed by atoms with Gasteiger partial charge in [0.05, 0.1) is 24.8 Å². The molecule has 1 saturated heterocycles. The number of aliphatic hydroxyl groups excluding tert-OH is 1. The van der Waals surface area contributed by atoms with Crippen molar-refractivity contribution in [2.24, 2.45) is 0 Å². The summed E-state index contributed by atoms with van der Waals surface area (Å²) in [6.45, 7) is 2.94. The summed E-state index contributed by atoms with van der Waals surface area (Å²) in [4.78, 5) is 10.9. The van der Waals surface area contributed by atoms with E-state index in [2.05, 4.69) is 14.9 Å². The molecule has 2 heterocycles. The van der Waals surface area contributed by atoms with Gasteiger partial charge in [-0.15, -0.1) is 0 Å². The van der Waals surface area contributed by atoms with E-state index in [0.29, 0.717) is 29.7 Å². The van der Waals surface area contributed by atoms with Crippen LogP contribution in [0.2, 0.25) is 5.02 Å². The van der Waals surface area contributed by atoms with Gasteiger partial charge in [0.15, 0.2) is 0 Å². The fraction of sp³-hybridized carbons (Fsp3) is 0.333. The van der Waals surface area contributed by atoms with Gasteiger partial charge in [-0.2, -0.15) is 0 Å². The van der Waals surface area contributed by atoms with Crippen LogP contribution in [0.15, 0.2) is 30.6 Å². The van der Waals surface area contributed by atoms with Gasteiger partial charge < -0.3 is 14.7 Å². The van der Waals surface area contributed by atoms with Crippen LogP contribution in [0.5, 0.6) is 0 Å². The summed E-state index contributed by atoms with van der Waals surface area (Å²) in [5, 5.41) is 9.81. The van der Waals surface area contributed by atoms with Crippen LogP contribution in [0.1, 0.15) is 5.56 Å². The summed E-state index contributed by atoms with van der Waals surface area (Å²) < 4.78 is 5.32. The van der Waals surface area contributed by atoms with Crippen LogP contribution < -0.4 is 4.90 Å². The van der Waals surface area contributed by atoms with Gasteiger partial charge in [0, 0.05) is 36.6 Å². The number of hydrogen-bond donors (Lipinski definition) is 1. The first-order valence-electron chi connectivity index (χ1n) is 6.83. The highest BCUT2D eigenvalue weighted by Gasteiger charge is 2.14. The molecule has 110 valence electrons. The topological polar surface area (TPSA) is 58.5 Å². The molecule has 0 amide bonds. The summed E-state index contributed by atoms with van der Waals surface area (Å²) in [6, 6.07) is 5.56. The minimum absolute atomic E-state index is 0.0839. The number of ether oxygens (including phenoxy) is 1. The third-order valence-corrected chi connectivity index (χ3v) is 3.94. The highest BCUT2D eigenvalue weighted by molar-refractivity contribution is 6.34. The number of anilines is 1. The average molecular weight is 306 g/mol. The third-order valence-electron chi connectivity index (χ3n) is 3.49. The molecule has 6 heteroatoms. The maximum atomic E-state index is 9.27. The summed E-state index contributed by atoms with van der Waals surface area (Å²) in [7, 11) is 0. The van der Waals surface area contributed by atoms with E-state index >= 15 is 0 Å². The average Bonchev–Trinajstić information content (AvgIpc) is 2.56. The van der Waals surface area contributed by atoms with Crippen LogP contribution in [0.25, 0.3) is 11.1 Å². The van der Waals surface area contributed by atoms with Crippen molar-refractivity contribution in [3.05, 3.63) is 41.2 Å². The Kier molecular flexibility index (Phi) is 4.34. The zero-order chi connectivity index (χ0) is 14.7. The molecule has 1 N–H and O–H groups in total. The summed E-state index contributed by atoms with van der Waals surface area (Å²) in [5.41, 5.74) is 2.37. The highest BCUT2D eigenvalue weighted by Crippen LogP contribution is 2.30. The minimum Gasteiger partial charge on any atom is -0.392 e. The Labute approximate surface area is 128 Å². The number of rotatable bonds is 3. The van der Waals surface area contributed by atoms with Crippen molar-refractivity contribution >= 4 is 17.5 Å². The fourth-order valence-corrected chi connectivity index (χ4v) is 2.61. The quantitative estimate of drug-likeness (QED) is 0.941. The summed E-state index contributed by atoms with van der Waals surface area (Å²) >= 11 is 6.29. The molecule has 0 bridgehead atoms. The lowest BCUT2D eigenvalue weighted by molar-refractivity contribution is 0.122. The molecule has 0 saturated carbocycles. The van der Waals surface area contributed by atoms with Crippen LogP contribution in [0, 0.1) is 0 Å². The fourth-order valence-electron chi connectivity index (χ4n) is 2.31. The number of hydrogen-bond acceptors (Lipinski definition) is 5. The largest absolute Gasteiger partial charge is 0.392 e. The smallest absolute Gasteiger partial charge is 0.225 e. The lowest BCUT2D eigenvalue weighted by Crippen LogP contribution is -2.37. The molecule has 0 spiro atoms. The molecule has 2 aromatic rings. The van der Waals surface area contributed by atoms with E-state index in [1.54, 1.807) is 18.5 Å². The molecule has 5 nitrogen and oxygen atoms in total. The van der Waals surface area contributed by atoms with Gasteiger partial charge in [0.1, 0.15) is 0 Å². The van der Waals surface area contributed by atoms with Gasteiger partial charge in [0.25, 0.3) is 0 Å². The lowest BCUT2D eigenvalue weighted by Gasteiger charge is -2.26. The van der Waals surface area contributed by atoms with Crippen molar-refractivity contribution in [1.29, 1.82) is 0 Å². The predicted molar refractivity (Wildman–Crippen MR) is 81.4 cm³/mol. The Morgan fingerprint density at radius 2 is 1.90 bits per heavy atom. The van der Waals surface area contributed by atoms with E-state index in [4.69, 9.17) is 16.3 Å². The number of morpholine rings is 1. The van der Waals surface area contributed by atoms with Gasteiger partial charge in [-0.1, -0.05) is 29.8 Å². The molecule has 1 aromatic carbocycles. The third kappa shape index (κ3) is 3.00. The number of nitrogens with zero attached hydrogens (tertiary/aromatic N) is 3. The van der Waals surface area contributed by atoms with E-state index in [-0.39, 0.29) is 6.61 Å². The number of benzene rings is 1. The molecule has 1 aromatic heterocycles. The van der Waals surface area contributed by atoms with Crippen molar-refractivity contribution in [3.8, 4) is 11.1 Å². The minimum atomic E-state index is -0.0839. The Hall–Kier alpha value is -1.69. The second-order valence-electron chi connectivity index (χ2n) is 4.81. The first-order chi connectivity index (χ1) is 10.3. The van der Waals surface area contributed by atoms with Crippen molar-refractivity contribution < 1.29 is 9.84 Å². The van der Waals surface area contributed by atoms with Crippen molar-refractivity contribution in [2.45, 2.75) is 6.61 Å². The molecule has 1 aliphatic rings. The van der Waals surface area contributed by atoms with E-state index in [0.717, 1.165) is 24.2 Å². The number of halogens is 1. The first kappa shape index (κ1) is 14.3. The molecule has 21 heavy (non-hydrogen) atoms. The maximum absolute atomic E-state index is 9.27. The van der Waals surface area contributed by atoms with Gasteiger partial charge in [-0.3, -0.25) is 0 Å². The Balaban J connectivity index is 1.87. The van der Waals surface area contributed by atoms with Gasteiger partial charge in [-0.25, -0.2) is 9.97 Å². The lowest BCUT2D eigenvalue weighted by atomic mass is 10.1. The van der Waals surface area contributed by atoms with Crippen LogP contribution in [-0.4, -0.2) is 41.4 Å². The van der Waals surface area contributed by atoms with Crippen LogP contribution in [0.3, 0.4) is 0 Å². The second kappa shape index (κ2) is 6.39. The van der Waals surface area contributed by atoms with E-state index in [1.165, 1.54) is 0 Å². The Morgan fingerprint density at radius 3 is 2.57 bits per heavy atom. The molecule has 1 fully saturated rings. The van der Waals surface area contributed by atoms with Crippen molar-refractivity contribution in [1.82, 2.24) is 9.97 Å². The molecule has 3 rings (SSSR count). The maximum Gasteiger partial charge on any atom is 0.225 e. The molecule has 0 radical (unpaired) electrons. The van der Waals surface area contributed by atoms with Crippen LogP contribution in [-0.2, 0) is 11.3 Å². The Morgan fingerprint density at radius 1 is 1.19 bits per heavy atom. The van der Waals surface area contributed by atoms with Gasteiger partial charge in [0.2, 0.25) is 5.95 Å². The van der Waals surface area contributed by atoms with E-state index in [1.807, 2.05) is 12.1 Å². The monoisotopic (exact) mass is 305 g/mol. The summed E-state index contributed by atoms with van der Waals surface area (Å²) in [5.74, 6) is 0.705. The standard InChI is InChI=1S/C15H16ClN3O2/c16-14-11(10-20)2-1-3-13(14)12-8-17-15(18-9-12)19-4-6-21-7-5-19/h1-3,8-9,20H,4-7,10H2. The van der Waals surface area contributed by atoms with Gasteiger partial charge >= 0.3 is 0 Å². The highest BCUT2D eigenvalue weighted by atomic mass is 35.5. The zero-order valence-electron chi connectivity index (χ0n) is 11.5.